The van der Waals surface area contributed by atoms with Crippen LogP contribution in [0.25, 0.3) is 5.57 Å². The van der Waals surface area contributed by atoms with Crippen molar-refractivity contribution < 1.29 is 9.59 Å². The van der Waals surface area contributed by atoms with Crippen molar-refractivity contribution in [2.24, 2.45) is 22.2 Å². The number of hydrogen-bond donors (Lipinski definition) is 4. The fourth-order valence-electron chi connectivity index (χ4n) is 4.53. The van der Waals surface area contributed by atoms with Crippen LogP contribution in [0.2, 0.25) is 0 Å². The Morgan fingerprint density at radius 3 is 2.50 bits per heavy atom. The number of carbonyl (C=O) groups is 2. The minimum absolute atomic E-state index is 0.0327. The van der Waals surface area contributed by atoms with Crippen LogP contribution in [0.3, 0.4) is 0 Å². The molecule has 1 saturated heterocycles. The maximum Gasteiger partial charge on any atom is 0.255 e. The van der Waals surface area contributed by atoms with E-state index in [9.17, 15) is 9.59 Å². The molecule has 0 spiro atoms. The second-order valence-corrected chi connectivity index (χ2v) is 10.1. The van der Waals surface area contributed by atoms with E-state index < -0.39 is 0 Å². The topological polar surface area (TPSA) is 156 Å². The molecule has 0 atom stereocenters. The first-order valence-electron chi connectivity index (χ1n) is 14.0. The molecule has 1 aliphatic rings. The molecular formula is C28H48N8O2. The third-order valence-electron chi connectivity index (χ3n) is 7.08. The number of hydrogen-bond acceptors (Lipinski definition) is 7. The van der Waals surface area contributed by atoms with E-state index in [0.717, 1.165) is 84.0 Å². The van der Waals surface area contributed by atoms with Gasteiger partial charge >= 0.3 is 0 Å². The van der Waals surface area contributed by atoms with Gasteiger partial charge in [-0.05, 0) is 77.3 Å². The average molecular weight is 529 g/mol. The van der Waals surface area contributed by atoms with Crippen molar-refractivity contribution >= 4 is 23.2 Å². The predicted octanol–water partition coefficient (Wildman–Crippen LogP) is 2.10. The van der Waals surface area contributed by atoms with Crippen LogP contribution in [0, 0.1) is 0 Å². The van der Waals surface area contributed by atoms with Gasteiger partial charge in [-0.3, -0.25) is 19.6 Å². The maximum absolute atomic E-state index is 12.9. The van der Waals surface area contributed by atoms with Gasteiger partial charge in [0.1, 0.15) is 5.84 Å². The van der Waals surface area contributed by atoms with Crippen molar-refractivity contribution in [1.29, 1.82) is 0 Å². The van der Waals surface area contributed by atoms with Crippen molar-refractivity contribution in [3.05, 3.63) is 35.8 Å². The van der Waals surface area contributed by atoms with Gasteiger partial charge in [0.25, 0.3) is 5.91 Å². The number of likely N-dealkylation sites (tertiary alicyclic amines) is 1. The van der Waals surface area contributed by atoms with E-state index in [1.165, 1.54) is 6.20 Å². The minimum Gasteiger partial charge on any atom is -0.404 e. The van der Waals surface area contributed by atoms with Gasteiger partial charge in [0.15, 0.2) is 0 Å². The Kier molecular flexibility index (Phi) is 14.4. The summed E-state index contributed by atoms with van der Waals surface area (Å²) in [7, 11) is 3.97. The Labute approximate surface area is 228 Å². The minimum atomic E-state index is -0.0327. The molecule has 0 saturated carbocycles. The summed E-state index contributed by atoms with van der Waals surface area (Å²) in [4.78, 5) is 37.9. The molecule has 7 N–H and O–H groups in total. The number of aliphatic imine (C=N–C) groups is 1. The number of carbonyl (C=O) groups excluding carboxylic acids is 2. The zero-order chi connectivity index (χ0) is 27.8. The van der Waals surface area contributed by atoms with Gasteiger partial charge in [-0.1, -0.05) is 19.3 Å². The van der Waals surface area contributed by atoms with Crippen LogP contribution in [-0.2, 0) is 4.79 Å². The molecule has 212 valence electrons. The van der Waals surface area contributed by atoms with Gasteiger partial charge in [0.2, 0.25) is 5.91 Å². The SMILES string of the molecule is CN1CCC(N(C)C(=O)c2ccc(/C(=C/N)C(N)=NCCCCCC(=O)NCCCCCCN)nc2)CC1. The zero-order valence-electron chi connectivity index (χ0n) is 23.3. The van der Waals surface area contributed by atoms with E-state index in [-0.39, 0.29) is 17.9 Å². The molecule has 0 unspecified atom stereocenters. The fraction of sp³-hybridized carbons (Fsp3) is 0.643. The van der Waals surface area contributed by atoms with Gasteiger partial charge in [0, 0.05) is 45.0 Å². The normalized spacial score (nSPS) is 15.4. The van der Waals surface area contributed by atoms with Crippen molar-refractivity contribution in [3.63, 3.8) is 0 Å². The van der Waals surface area contributed by atoms with E-state index in [2.05, 4.69) is 27.2 Å². The summed E-state index contributed by atoms with van der Waals surface area (Å²) in [6.45, 7) is 4.00. The highest BCUT2D eigenvalue weighted by molar-refractivity contribution is 6.21. The van der Waals surface area contributed by atoms with E-state index >= 15 is 0 Å². The summed E-state index contributed by atoms with van der Waals surface area (Å²) in [5.74, 6) is 0.385. The summed E-state index contributed by atoms with van der Waals surface area (Å²) in [5, 5.41) is 2.97. The predicted molar refractivity (Wildman–Crippen MR) is 155 cm³/mol. The summed E-state index contributed by atoms with van der Waals surface area (Å²) in [5.41, 5.74) is 19.2. The second kappa shape index (κ2) is 17.5. The maximum atomic E-state index is 12.9. The highest BCUT2D eigenvalue weighted by atomic mass is 16.2. The Balaban J connectivity index is 1.73. The van der Waals surface area contributed by atoms with Gasteiger partial charge in [-0.25, -0.2) is 0 Å². The Morgan fingerprint density at radius 2 is 1.84 bits per heavy atom. The number of amides is 2. The molecule has 2 amide bonds. The Hall–Kier alpha value is -2.98. The van der Waals surface area contributed by atoms with E-state index in [4.69, 9.17) is 17.2 Å². The number of amidine groups is 1. The number of aromatic nitrogens is 1. The molecule has 1 aromatic rings. The Morgan fingerprint density at radius 1 is 1.13 bits per heavy atom. The quantitative estimate of drug-likeness (QED) is 0.145. The lowest BCUT2D eigenvalue weighted by Crippen LogP contribution is -2.44. The molecule has 2 rings (SSSR count). The monoisotopic (exact) mass is 528 g/mol. The highest BCUT2D eigenvalue weighted by Gasteiger charge is 2.25. The number of nitrogens with zero attached hydrogens (tertiary/aromatic N) is 4. The molecule has 0 radical (unpaired) electrons. The molecule has 1 aromatic heterocycles. The largest absolute Gasteiger partial charge is 0.404 e. The van der Waals surface area contributed by atoms with Gasteiger partial charge < -0.3 is 32.3 Å². The van der Waals surface area contributed by atoms with Crippen LogP contribution in [0.15, 0.2) is 29.5 Å². The van der Waals surface area contributed by atoms with Gasteiger partial charge in [-0.15, -0.1) is 0 Å². The molecule has 1 aliphatic heterocycles. The molecule has 38 heavy (non-hydrogen) atoms. The molecule has 10 heteroatoms. The summed E-state index contributed by atoms with van der Waals surface area (Å²) < 4.78 is 0. The lowest BCUT2D eigenvalue weighted by atomic mass is 10.0. The van der Waals surface area contributed by atoms with Gasteiger partial charge in [-0.2, -0.15) is 0 Å². The van der Waals surface area contributed by atoms with E-state index in [0.29, 0.717) is 35.6 Å². The number of pyridine rings is 1. The zero-order valence-corrected chi connectivity index (χ0v) is 23.3. The van der Waals surface area contributed by atoms with Crippen molar-refractivity contribution in [2.45, 2.75) is 70.3 Å². The number of rotatable bonds is 16. The molecule has 1 fully saturated rings. The van der Waals surface area contributed by atoms with Crippen molar-refractivity contribution in [2.75, 3.05) is 46.8 Å². The van der Waals surface area contributed by atoms with Crippen LogP contribution >= 0.6 is 0 Å². The average Bonchev–Trinajstić information content (AvgIpc) is 2.93. The summed E-state index contributed by atoms with van der Waals surface area (Å²) >= 11 is 0. The third kappa shape index (κ3) is 10.8. The number of piperidine rings is 1. The summed E-state index contributed by atoms with van der Waals surface area (Å²) in [6, 6.07) is 3.76. The van der Waals surface area contributed by atoms with Crippen LogP contribution in [0.4, 0.5) is 0 Å². The summed E-state index contributed by atoms with van der Waals surface area (Å²) in [6.07, 6.45) is 12.2. The van der Waals surface area contributed by atoms with E-state index in [1.807, 2.05) is 11.9 Å². The van der Waals surface area contributed by atoms with Crippen molar-refractivity contribution in [3.8, 4) is 0 Å². The second-order valence-electron chi connectivity index (χ2n) is 10.1. The smallest absolute Gasteiger partial charge is 0.255 e. The van der Waals surface area contributed by atoms with Crippen LogP contribution in [0.1, 0.15) is 80.3 Å². The third-order valence-corrected chi connectivity index (χ3v) is 7.08. The van der Waals surface area contributed by atoms with Crippen LogP contribution in [-0.4, -0.2) is 85.3 Å². The number of unbranched alkanes of at least 4 members (excludes halogenated alkanes) is 5. The van der Waals surface area contributed by atoms with Crippen LogP contribution < -0.4 is 22.5 Å². The standard InChI is InChI=1S/C28H48N8O2/c1-35-18-13-23(14-19-35)36(2)28(38)22-11-12-25(34-21-22)24(20-30)27(31)33-17-9-5-6-10-26(37)32-16-8-4-3-7-15-29/h11-12,20-21,23H,3-10,13-19,29-30H2,1-2H3,(H2,31,33)(H,32,37)/b24-20-. The number of nitrogens with one attached hydrogen (secondary N) is 1. The van der Waals surface area contributed by atoms with Crippen LogP contribution in [0.5, 0.6) is 0 Å². The van der Waals surface area contributed by atoms with Gasteiger partial charge in [0.05, 0.1) is 16.8 Å². The lowest BCUT2D eigenvalue weighted by molar-refractivity contribution is -0.121. The molecule has 10 nitrogen and oxygen atoms in total. The molecule has 0 aromatic carbocycles. The molecule has 0 bridgehead atoms. The lowest BCUT2D eigenvalue weighted by Gasteiger charge is -2.35. The Bertz CT molecular complexity index is 908. The van der Waals surface area contributed by atoms with Crippen molar-refractivity contribution in [1.82, 2.24) is 20.1 Å². The molecular weight excluding hydrogens is 480 g/mol. The molecule has 2 heterocycles. The molecule has 0 aliphatic carbocycles. The first-order chi connectivity index (χ1) is 18.4. The first-order valence-corrected chi connectivity index (χ1v) is 14.0. The fourth-order valence-corrected chi connectivity index (χ4v) is 4.53. The first kappa shape index (κ1) is 31.2. The van der Waals surface area contributed by atoms with E-state index in [1.54, 1.807) is 18.3 Å². The number of nitrogens with two attached hydrogens (primary N) is 3. The highest BCUT2D eigenvalue weighted by Crippen LogP contribution is 2.18.